The van der Waals surface area contributed by atoms with Gasteiger partial charge in [0.25, 0.3) is 5.91 Å². The first-order chi connectivity index (χ1) is 19.8. The number of likely N-dealkylation sites (tertiary alicyclic amines) is 1. The molecule has 1 aliphatic heterocycles. The summed E-state index contributed by atoms with van der Waals surface area (Å²) < 4.78 is 13.1. The van der Waals surface area contributed by atoms with E-state index < -0.39 is 0 Å². The van der Waals surface area contributed by atoms with Gasteiger partial charge in [-0.3, -0.25) is 14.5 Å². The van der Waals surface area contributed by atoms with E-state index in [0.29, 0.717) is 11.3 Å². The van der Waals surface area contributed by atoms with Gasteiger partial charge >= 0.3 is 0 Å². The number of halogens is 1. The minimum absolute atomic E-state index is 0.0691. The van der Waals surface area contributed by atoms with Crippen molar-refractivity contribution in [1.82, 2.24) is 20.2 Å². The lowest BCUT2D eigenvalue weighted by Crippen LogP contribution is -2.22. The van der Waals surface area contributed by atoms with Crippen LogP contribution < -0.4 is 16.0 Å². The molecule has 2 heterocycles. The number of nitrogens with one attached hydrogen (secondary N) is 3. The number of amides is 2. The van der Waals surface area contributed by atoms with E-state index in [-0.39, 0.29) is 29.4 Å². The molecule has 3 aromatic rings. The van der Waals surface area contributed by atoms with Gasteiger partial charge in [0.05, 0.1) is 0 Å². The highest BCUT2D eigenvalue weighted by atomic mass is 19.1. The minimum atomic E-state index is -0.389. The third-order valence-corrected chi connectivity index (χ3v) is 6.24. The third-order valence-electron chi connectivity index (χ3n) is 6.24. The summed E-state index contributed by atoms with van der Waals surface area (Å²) in [5, 5.41) is 8.57. The van der Waals surface area contributed by atoms with Crippen LogP contribution in [0.1, 0.15) is 56.7 Å². The molecule has 0 spiro atoms. The Morgan fingerprint density at radius 3 is 2.15 bits per heavy atom. The Bertz CT molecular complexity index is 1250. The van der Waals surface area contributed by atoms with Crippen LogP contribution in [-0.4, -0.2) is 60.4 Å². The fraction of sp³-hybridized carbons (Fsp3) is 0.375. The minimum Gasteiger partial charge on any atom is -0.388 e. The van der Waals surface area contributed by atoms with E-state index in [1.807, 2.05) is 52.9 Å². The topological polar surface area (TPSA) is 99.2 Å². The van der Waals surface area contributed by atoms with Gasteiger partial charge in [0.2, 0.25) is 11.7 Å². The van der Waals surface area contributed by atoms with Crippen molar-refractivity contribution in [2.75, 3.05) is 44.4 Å². The molecule has 0 saturated carbocycles. The maximum Gasteiger partial charge on any atom is 0.293 e. The fourth-order valence-electron chi connectivity index (χ4n) is 4.01. The average Bonchev–Trinajstić information content (AvgIpc) is 3.52. The lowest BCUT2D eigenvalue weighted by atomic mass is 10.1. The molecule has 1 aromatic heterocycles. The molecule has 0 unspecified atom stereocenters. The number of carbonyl (C=O) groups excluding carboxylic acids is 2. The molecule has 3 N–H and O–H groups in total. The molecule has 2 aromatic carbocycles. The smallest absolute Gasteiger partial charge is 0.293 e. The van der Waals surface area contributed by atoms with E-state index in [4.69, 9.17) is 0 Å². The Kier molecular flexibility index (Phi) is 14.2. The van der Waals surface area contributed by atoms with Crippen molar-refractivity contribution in [3.8, 4) is 11.1 Å². The maximum absolute atomic E-state index is 13.1. The lowest BCUT2D eigenvalue weighted by Gasteiger charge is -2.12. The molecule has 2 amide bonds. The number of nitrogens with zero attached hydrogens (tertiary/aromatic N) is 3. The molecule has 1 saturated heterocycles. The standard InChI is InChI=1S/C25H26FN5O.C5H11NO.C2H6/c1-27-23-11-10-22(15-19(23)5-4-14-31-12-2-3-13-31)30-25(32)24-28-16-20(17-29-24)18-6-8-21(26)9-7-18;1-4(2)5(7)6-3;1-2/h4-11,15-17,27H,2-3,12-14H2,1H3,(H,30,32);4H,1-3H3,(H,6,7);1-2H3/b5-4-;;. The SMILES string of the molecule is CC.CNC(=O)C(C)C.CNc1ccc(NC(=O)c2ncc(-c3ccc(F)cc3)cn2)cc1/C=C\CN1CCCC1. The van der Waals surface area contributed by atoms with E-state index in [2.05, 4.69) is 43.0 Å². The van der Waals surface area contributed by atoms with Crippen molar-refractivity contribution < 1.29 is 14.0 Å². The van der Waals surface area contributed by atoms with Crippen molar-refractivity contribution in [1.29, 1.82) is 0 Å². The van der Waals surface area contributed by atoms with E-state index in [0.717, 1.165) is 36.4 Å². The zero-order valence-electron chi connectivity index (χ0n) is 25.0. The first kappa shape index (κ1) is 33.1. The second-order valence-electron chi connectivity index (χ2n) is 9.49. The quantitative estimate of drug-likeness (QED) is 0.307. The molecular weight excluding hydrogens is 519 g/mol. The molecule has 1 fully saturated rings. The Morgan fingerprint density at radius 1 is 0.976 bits per heavy atom. The maximum atomic E-state index is 13.1. The molecular formula is C32H43FN6O2. The highest BCUT2D eigenvalue weighted by molar-refractivity contribution is 6.02. The van der Waals surface area contributed by atoms with Crippen LogP contribution in [0.3, 0.4) is 0 Å². The van der Waals surface area contributed by atoms with Crippen LogP contribution in [0.25, 0.3) is 17.2 Å². The molecule has 220 valence electrons. The van der Waals surface area contributed by atoms with Crippen LogP contribution in [-0.2, 0) is 4.79 Å². The summed E-state index contributed by atoms with van der Waals surface area (Å²) in [4.78, 5) is 33.8. The molecule has 0 bridgehead atoms. The van der Waals surface area contributed by atoms with Gasteiger partial charge in [0, 0.05) is 55.9 Å². The number of hydrogen-bond acceptors (Lipinski definition) is 6. The number of benzene rings is 2. The summed E-state index contributed by atoms with van der Waals surface area (Å²) in [6, 6.07) is 11.8. The van der Waals surface area contributed by atoms with Gasteiger partial charge in [0.1, 0.15) is 5.82 Å². The number of anilines is 2. The van der Waals surface area contributed by atoms with Crippen LogP contribution in [0.5, 0.6) is 0 Å². The van der Waals surface area contributed by atoms with Gasteiger partial charge in [-0.2, -0.15) is 0 Å². The van der Waals surface area contributed by atoms with Gasteiger partial charge in [-0.1, -0.05) is 52.0 Å². The van der Waals surface area contributed by atoms with Crippen molar-refractivity contribution in [3.05, 3.63) is 78.1 Å². The summed E-state index contributed by atoms with van der Waals surface area (Å²) in [5.74, 6) is -0.412. The van der Waals surface area contributed by atoms with E-state index in [1.165, 1.54) is 25.0 Å². The van der Waals surface area contributed by atoms with Crippen LogP contribution in [0, 0.1) is 11.7 Å². The van der Waals surface area contributed by atoms with Crippen molar-refractivity contribution in [2.24, 2.45) is 5.92 Å². The first-order valence-electron chi connectivity index (χ1n) is 14.1. The lowest BCUT2D eigenvalue weighted by molar-refractivity contribution is -0.123. The van der Waals surface area contributed by atoms with Crippen molar-refractivity contribution >= 4 is 29.3 Å². The zero-order valence-corrected chi connectivity index (χ0v) is 25.0. The zero-order chi connectivity index (χ0) is 30.2. The Labute approximate surface area is 243 Å². The number of aromatic nitrogens is 2. The summed E-state index contributed by atoms with van der Waals surface area (Å²) in [6.45, 7) is 10.9. The van der Waals surface area contributed by atoms with Crippen LogP contribution in [0.15, 0.2) is 60.9 Å². The predicted molar refractivity (Wildman–Crippen MR) is 166 cm³/mol. The van der Waals surface area contributed by atoms with Gasteiger partial charge in [0.15, 0.2) is 0 Å². The van der Waals surface area contributed by atoms with Gasteiger partial charge in [-0.25, -0.2) is 14.4 Å². The Hall–Kier alpha value is -4.11. The normalized spacial score (nSPS) is 12.7. The molecule has 0 atom stereocenters. The first-order valence-corrected chi connectivity index (χ1v) is 14.1. The van der Waals surface area contributed by atoms with Crippen LogP contribution >= 0.6 is 0 Å². The van der Waals surface area contributed by atoms with Crippen LogP contribution in [0.2, 0.25) is 0 Å². The summed E-state index contributed by atoms with van der Waals surface area (Å²) >= 11 is 0. The Balaban J connectivity index is 0.000000573. The number of hydrogen-bond donors (Lipinski definition) is 3. The third kappa shape index (κ3) is 10.8. The van der Waals surface area contributed by atoms with Gasteiger partial charge in [-0.05, 0) is 67.4 Å². The van der Waals surface area contributed by atoms with Gasteiger partial charge < -0.3 is 16.0 Å². The molecule has 0 radical (unpaired) electrons. The monoisotopic (exact) mass is 562 g/mol. The predicted octanol–water partition coefficient (Wildman–Crippen LogP) is 6.10. The van der Waals surface area contributed by atoms with Crippen molar-refractivity contribution in [2.45, 2.75) is 40.5 Å². The van der Waals surface area contributed by atoms with E-state index in [9.17, 15) is 14.0 Å². The largest absolute Gasteiger partial charge is 0.388 e. The fourth-order valence-corrected chi connectivity index (χ4v) is 4.01. The molecule has 8 nitrogen and oxygen atoms in total. The number of rotatable bonds is 8. The molecule has 0 aliphatic carbocycles. The van der Waals surface area contributed by atoms with Crippen LogP contribution in [0.4, 0.5) is 15.8 Å². The summed E-state index contributed by atoms with van der Waals surface area (Å²) in [6.07, 6.45) is 9.89. The van der Waals surface area contributed by atoms with Gasteiger partial charge in [-0.15, -0.1) is 0 Å². The summed E-state index contributed by atoms with van der Waals surface area (Å²) in [7, 11) is 3.52. The van der Waals surface area contributed by atoms with Crippen molar-refractivity contribution in [3.63, 3.8) is 0 Å². The van der Waals surface area contributed by atoms with E-state index >= 15 is 0 Å². The second-order valence-corrected chi connectivity index (χ2v) is 9.49. The second kappa shape index (κ2) is 17.6. The number of carbonyl (C=O) groups is 2. The summed E-state index contributed by atoms with van der Waals surface area (Å²) in [5.41, 5.74) is 4.15. The molecule has 41 heavy (non-hydrogen) atoms. The van der Waals surface area contributed by atoms with E-state index in [1.54, 1.807) is 31.6 Å². The highest BCUT2D eigenvalue weighted by Gasteiger charge is 2.12. The molecule has 9 heteroatoms. The molecule has 1 aliphatic rings. The average molecular weight is 563 g/mol. The highest BCUT2D eigenvalue weighted by Crippen LogP contribution is 2.23. The Morgan fingerprint density at radius 2 is 1.61 bits per heavy atom. The molecule has 4 rings (SSSR count).